The molecule has 2 saturated heterocycles. The van der Waals surface area contributed by atoms with Crippen molar-refractivity contribution in [1.82, 2.24) is 10.6 Å². The third kappa shape index (κ3) is 49.0. The molecule has 0 spiro atoms. The van der Waals surface area contributed by atoms with E-state index in [0.717, 1.165) is 154 Å². The topological polar surface area (TPSA) is 333 Å². The van der Waals surface area contributed by atoms with Crippen molar-refractivity contribution < 1.29 is 96.8 Å². The number of phosphoric acid groups is 1. The van der Waals surface area contributed by atoms with Gasteiger partial charge in [-0.2, -0.15) is 0 Å². The minimum atomic E-state index is -5.55. The lowest BCUT2D eigenvalue weighted by atomic mass is 9.95. The summed E-state index contributed by atoms with van der Waals surface area (Å²) in [6.45, 7) is 9.17. The average Bonchev–Trinajstić information content (AvgIpc) is 0.783. The molecule has 2 amide bonds. The molecule has 103 heavy (non-hydrogen) atoms. The number of carbonyl (C=O) groups is 5. The van der Waals surface area contributed by atoms with Crippen LogP contribution >= 0.6 is 7.82 Å². The van der Waals surface area contributed by atoms with Gasteiger partial charge in [0.05, 0.1) is 38.6 Å². The number of ether oxygens (including phenoxy) is 6. The van der Waals surface area contributed by atoms with Gasteiger partial charge in [0.15, 0.2) is 18.7 Å². The Hall–Kier alpha value is -2.86. The van der Waals surface area contributed by atoms with Gasteiger partial charge < -0.3 is 74.4 Å². The number of phosphoric ester groups is 1. The Morgan fingerprint density at radius 1 is 0.408 bits per heavy atom. The van der Waals surface area contributed by atoms with Gasteiger partial charge in [-0.3, -0.25) is 28.5 Å². The quantitative estimate of drug-likeness (QED) is 0.0118. The normalized spacial score (nSPS) is 21.6. The van der Waals surface area contributed by atoms with Crippen LogP contribution in [0.2, 0.25) is 0 Å². The van der Waals surface area contributed by atoms with Crippen LogP contribution in [-0.4, -0.2) is 158 Å². The van der Waals surface area contributed by atoms with Crippen LogP contribution in [0.5, 0.6) is 0 Å². The summed E-state index contributed by atoms with van der Waals surface area (Å²) in [6.07, 6.45) is 31.8. The maximum absolute atomic E-state index is 14.8. The van der Waals surface area contributed by atoms with Crippen molar-refractivity contribution in [2.75, 3.05) is 13.2 Å². The number of carbonyl (C=O) groups excluding carboxylic acids is 5. The van der Waals surface area contributed by atoms with E-state index in [2.05, 4.69) is 45.3 Å². The van der Waals surface area contributed by atoms with Crippen LogP contribution in [0.4, 0.5) is 0 Å². The molecule has 0 aromatic rings. The highest BCUT2D eigenvalue weighted by atomic mass is 31.2. The van der Waals surface area contributed by atoms with E-state index in [1.165, 1.54) is 116 Å². The standard InChI is InChI=1S/C80H151N2O20P/c1-6-11-16-21-26-31-32-37-42-47-52-57-71(88)98-65(55-50-45-40-35-29-24-19-14-9-4)60-72(89)101-78-74(82-69(86)59-64(54-49-44-39-34-28-23-18-13-8-3)97-70(87)56-51-46-41-36-30-25-20-15-10-5)80(100-66(61-83)77(78)102-103(93,94)95)96-62-67-75(90)76(91)73(79(92)99-67)81-68(85)58-63(84)53-48-43-38-33-27-22-17-12-7-2/h63-67,73-80,83-84,90-92H,6-62H2,1-5H3,(H,81,85)(H,82,86)(H2,93,94,95). The van der Waals surface area contributed by atoms with Crippen LogP contribution in [0.15, 0.2) is 0 Å². The maximum Gasteiger partial charge on any atom is 0.470 e. The van der Waals surface area contributed by atoms with Crippen molar-refractivity contribution in [3.63, 3.8) is 0 Å². The van der Waals surface area contributed by atoms with Gasteiger partial charge in [-0.25, -0.2) is 4.57 Å². The molecule has 0 saturated carbocycles. The van der Waals surface area contributed by atoms with Crippen LogP contribution in [0.25, 0.3) is 0 Å². The molecule has 13 atom stereocenters. The van der Waals surface area contributed by atoms with Crippen molar-refractivity contribution >= 4 is 37.5 Å². The first-order valence-corrected chi connectivity index (χ1v) is 43.5. The van der Waals surface area contributed by atoms with Crippen molar-refractivity contribution in [1.29, 1.82) is 0 Å². The number of aliphatic hydroxyl groups excluding tert-OH is 5. The zero-order valence-electron chi connectivity index (χ0n) is 65.2. The van der Waals surface area contributed by atoms with Crippen molar-refractivity contribution in [3.05, 3.63) is 0 Å². The number of esters is 3. The monoisotopic (exact) mass is 1490 g/mol. The lowest BCUT2D eigenvalue weighted by Crippen LogP contribution is -2.67. The summed E-state index contributed by atoms with van der Waals surface area (Å²) in [4.78, 5) is 90.9. The number of amides is 2. The Morgan fingerprint density at radius 3 is 1.15 bits per heavy atom. The second-order valence-corrected chi connectivity index (χ2v) is 31.2. The zero-order valence-corrected chi connectivity index (χ0v) is 66.1. The van der Waals surface area contributed by atoms with E-state index in [0.29, 0.717) is 51.4 Å². The molecule has 13 unspecified atom stereocenters. The van der Waals surface area contributed by atoms with E-state index >= 15 is 0 Å². The summed E-state index contributed by atoms with van der Waals surface area (Å²) in [5, 5.41) is 61.2. The van der Waals surface area contributed by atoms with Gasteiger partial charge >= 0.3 is 25.7 Å². The molecule has 2 rings (SSSR count). The number of nitrogens with one attached hydrogen (secondary N) is 2. The number of aliphatic hydroxyl groups is 5. The average molecular weight is 1490 g/mol. The minimum absolute atomic E-state index is 0.130. The predicted octanol–water partition coefficient (Wildman–Crippen LogP) is 16.3. The molecule has 2 aliphatic rings. The van der Waals surface area contributed by atoms with Gasteiger partial charge in [0.2, 0.25) is 11.8 Å². The van der Waals surface area contributed by atoms with E-state index in [1.54, 1.807) is 0 Å². The third-order valence-corrected chi connectivity index (χ3v) is 20.9. The molecule has 0 bridgehead atoms. The minimum Gasteiger partial charge on any atom is -0.462 e. The summed E-state index contributed by atoms with van der Waals surface area (Å²) in [7, 11) is -5.55. The maximum atomic E-state index is 14.8. The first-order valence-electron chi connectivity index (χ1n) is 42.0. The van der Waals surface area contributed by atoms with Gasteiger partial charge in [-0.1, -0.05) is 311 Å². The molecule has 606 valence electrons. The van der Waals surface area contributed by atoms with Gasteiger partial charge in [0.1, 0.15) is 54.8 Å². The van der Waals surface area contributed by atoms with E-state index in [-0.39, 0.29) is 19.3 Å². The molecule has 0 aromatic heterocycles. The Labute approximate surface area is 622 Å². The van der Waals surface area contributed by atoms with Gasteiger partial charge in [0, 0.05) is 12.8 Å². The largest absolute Gasteiger partial charge is 0.470 e. The molecule has 0 radical (unpaired) electrons. The van der Waals surface area contributed by atoms with Crippen molar-refractivity contribution in [2.24, 2.45) is 0 Å². The lowest BCUT2D eigenvalue weighted by Gasteiger charge is -2.46. The lowest BCUT2D eigenvalue weighted by molar-refractivity contribution is -0.297. The van der Waals surface area contributed by atoms with Crippen LogP contribution in [-0.2, 0) is 61.5 Å². The van der Waals surface area contributed by atoms with E-state index in [1.807, 2.05) is 0 Å². The van der Waals surface area contributed by atoms with Crippen LogP contribution in [0, 0.1) is 0 Å². The summed E-state index contributed by atoms with van der Waals surface area (Å²) >= 11 is 0. The third-order valence-electron chi connectivity index (χ3n) is 20.3. The van der Waals surface area contributed by atoms with E-state index in [9.17, 15) is 63.9 Å². The van der Waals surface area contributed by atoms with Crippen LogP contribution < -0.4 is 10.6 Å². The van der Waals surface area contributed by atoms with Crippen LogP contribution in [0.1, 0.15) is 388 Å². The highest BCUT2D eigenvalue weighted by Gasteiger charge is 2.53. The predicted molar refractivity (Wildman–Crippen MR) is 403 cm³/mol. The fraction of sp³-hybridized carbons (Fsp3) is 0.938. The van der Waals surface area contributed by atoms with E-state index in [4.69, 9.17) is 32.9 Å². The molecular weight excluding hydrogens is 1340 g/mol. The van der Waals surface area contributed by atoms with Crippen molar-refractivity contribution in [2.45, 2.75) is 467 Å². The Bertz CT molecular complexity index is 2140. The number of unbranched alkanes of at least 4 members (excludes halogenated alkanes) is 42. The second-order valence-electron chi connectivity index (χ2n) is 30.0. The summed E-state index contributed by atoms with van der Waals surface area (Å²) in [5.74, 6) is -3.46. The number of hydrogen-bond donors (Lipinski definition) is 9. The van der Waals surface area contributed by atoms with Crippen LogP contribution in [0.3, 0.4) is 0 Å². The Morgan fingerprint density at radius 2 is 0.757 bits per heavy atom. The Kier molecular flexibility index (Phi) is 58.8. The molecular formula is C80H151N2O20P. The smallest absolute Gasteiger partial charge is 0.462 e. The fourth-order valence-corrected chi connectivity index (χ4v) is 14.6. The molecule has 9 N–H and O–H groups in total. The second kappa shape index (κ2) is 63.0. The van der Waals surface area contributed by atoms with Crippen molar-refractivity contribution in [3.8, 4) is 0 Å². The fourth-order valence-electron chi connectivity index (χ4n) is 14.1. The summed E-state index contributed by atoms with van der Waals surface area (Å²) < 4.78 is 54.7. The first kappa shape index (κ1) is 96.2. The molecule has 0 aromatic carbocycles. The SMILES string of the molecule is CCCCCCCCCCCCCC(=O)OC(CCCCCCCCCCC)CC(=O)OC1C(NC(=O)CC(CCCCCCCCCCC)OC(=O)CCCCCCCCCCC)C(OCC2OC(O)C(NC(=O)CC(O)CCCCCCCCCCC)C(O)C2O)OC(CO)C1OP(=O)(O)O. The molecule has 22 nitrogen and oxygen atoms in total. The molecule has 23 heteroatoms. The first-order chi connectivity index (χ1) is 49.8. The van der Waals surface area contributed by atoms with Gasteiger partial charge in [0.25, 0.3) is 0 Å². The molecule has 2 heterocycles. The number of rotatable bonds is 69. The summed E-state index contributed by atoms with van der Waals surface area (Å²) in [5.41, 5.74) is 0. The highest BCUT2D eigenvalue weighted by molar-refractivity contribution is 7.46. The van der Waals surface area contributed by atoms with Gasteiger partial charge in [-0.05, 0) is 44.9 Å². The summed E-state index contributed by atoms with van der Waals surface area (Å²) in [6, 6.07) is -3.31. The Balaban J connectivity index is 2.53. The van der Waals surface area contributed by atoms with Gasteiger partial charge in [-0.15, -0.1) is 0 Å². The number of hydrogen-bond acceptors (Lipinski definition) is 18. The zero-order chi connectivity index (χ0) is 75.6. The van der Waals surface area contributed by atoms with E-state index < -0.39 is 143 Å². The molecule has 2 fully saturated rings. The highest BCUT2D eigenvalue weighted by Crippen LogP contribution is 2.43. The molecule has 0 aliphatic carbocycles. The molecule has 2 aliphatic heterocycles.